The van der Waals surface area contributed by atoms with Crippen molar-refractivity contribution >= 4 is 5.78 Å². The predicted molar refractivity (Wildman–Crippen MR) is 111 cm³/mol. The highest BCUT2D eigenvalue weighted by molar-refractivity contribution is 6.11. The van der Waals surface area contributed by atoms with Crippen LogP contribution in [0.1, 0.15) is 67.3 Å². The summed E-state index contributed by atoms with van der Waals surface area (Å²) < 4.78 is 12.1. The highest BCUT2D eigenvalue weighted by atomic mass is 16.5. The van der Waals surface area contributed by atoms with E-state index in [1.165, 1.54) is 6.07 Å². The van der Waals surface area contributed by atoms with Crippen molar-refractivity contribution in [3.63, 3.8) is 0 Å². The third kappa shape index (κ3) is 2.74. The van der Waals surface area contributed by atoms with Gasteiger partial charge in [0.25, 0.3) is 0 Å². The lowest BCUT2D eigenvalue weighted by molar-refractivity contribution is 0.0975. The van der Waals surface area contributed by atoms with Crippen LogP contribution in [0.4, 0.5) is 0 Å². The van der Waals surface area contributed by atoms with Crippen molar-refractivity contribution in [2.24, 2.45) is 0 Å². The summed E-state index contributed by atoms with van der Waals surface area (Å²) in [7, 11) is 1.59. The van der Waals surface area contributed by atoms with Crippen molar-refractivity contribution in [2.75, 3.05) is 7.11 Å². The van der Waals surface area contributed by atoms with Crippen LogP contribution in [0.2, 0.25) is 0 Å². The highest BCUT2D eigenvalue weighted by Crippen LogP contribution is 2.47. The third-order valence-corrected chi connectivity index (χ3v) is 6.23. The van der Waals surface area contributed by atoms with E-state index in [0.29, 0.717) is 42.1 Å². The molecule has 0 fully saturated rings. The molecule has 2 aromatic rings. The van der Waals surface area contributed by atoms with Crippen LogP contribution in [0.15, 0.2) is 44.8 Å². The van der Waals surface area contributed by atoms with Gasteiger partial charge in [0.1, 0.15) is 22.8 Å². The fourth-order valence-electron chi connectivity index (χ4n) is 4.37. The Hall–Kier alpha value is -2.62. The van der Waals surface area contributed by atoms with Gasteiger partial charge in [-0.15, -0.1) is 0 Å². The lowest BCUT2D eigenvalue weighted by Crippen LogP contribution is -2.39. The van der Waals surface area contributed by atoms with Gasteiger partial charge in [-0.1, -0.05) is 39.0 Å². The monoisotopic (exact) mass is 380 g/mol. The molecule has 1 aromatic heterocycles. The number of ether oxygens (including phenoxy) is 1. The summed E-state index contributed by atoms with van der Waals surface area (Å²) in [6.07, 6.45) is 1.87. The number of allylic oxidation sites excluding steroid dienone is 2. The maximum atomic E-state index is 13.1. The number of methoxy groups -OCH3 is 1. The van der Waals surface area contributed by atoms with Crippen LogP contribution in [-0.2, 0) is 10.2 Å². The first-order chi connectivity index (χ1) is 13.4. The van der Waals surface area contributed by atoms with E-state index in [0.717, 1.165) is 16.7 Å². The first-order valence-electron chi connectivity index (χ1n) is 9.93. The summed E-state index contributed by atoms with van der Waals surface area (Å²) in [5.74, 6) is 1.31. The number of rotatable bonds is 5. The number of Topliss-reactive ketones (excluding diaryl/α,β-unsaturated/α-hetero) is 1. The van der Waals surface area contributed by atoms with E-state index in [4.69, 9.17) is 9.15 Å². The molecule has 1 aliphatic carbocycles. The van der Waals surface area contributed by atoms with Crippen LogP contribution in [0.3, 0.4) is 0 Å². The van der Waals surface area contributed by atoms with Gasteiger partial charge in [0.2, 0.25) is 0 Å². The molecule has 0 spiro atoms. The Balaban J connectivity index is 2.40. The highest BCUT2D eigenvalue weighted by Gasteiger charge is 2.47. The van der Waals surface area contributed by atoms with E-state index in [9.17, 15) is 9.59 Å². The molecular weight excluding hydrogens is 352 g/mol. The second-order valence-electron chi connectivity index (χ2n) is 7.41. The summed E-state index contributed by atoms with van der Waals surface area (Å²) in [6, 6.07) is 7.38. The summed E-state index contributed by atoms with van der Waals surface area (Å²) >= 11 is 0. The molecule has 0 saturated heterocycles. The number of benzene rings is 1. The number of hydrogen-bond donors (Lipinski definition) is 0. The lowest BCUT2D eigenvalue weighted by atomic mass is 9.69. The van der Waals surface area contributed by atoms with E-state index < -0.39 is 5.41 Å². The van der Waals surface area contributed by atoms with Gasteiger partial charge in [0.15, 0.2) is 11.2 Å². The molecule has 0 atom stereocenters. The van der Waals surface area contributed by atoms with E-state index in [1.54, 1.807) is 7.11 Å². The van der Waals surface area contributed by atoms with Crippen molar-refractivity contribution in [1.82, 2.24) is 0 Å². The molecule has 1 heterocycles. The molecule has 4 heteroatoms. The summed E-state index contributed by atoms with van der Waals surface area (Å²) in [4.78, 5) is 26.2. The van der Waals surface area contributed by atoms with Gasteiger partial charge in [0, 0.05) is 17.2 Å². The van der Waals surface area contributed by atoms with Crippen LogP contribution in [0, 0.1) is 13.8 Å². The van der Waals surface area contributed by atoms with Crippen molar-refractivity contribution < 1.29 is 13.9 Å². The maximum Gasteiger partial charge on any atom is 0.199 e. The Labute approximate surface area is 166 Å². The molecule has 1 aliphatic rings. The van der Waals surface area contributed by atoms with Gasteiger partial charge in [-0.05, 0) is 44.2 Å². The normalized spacial score (nSPS) is 15.6. The van der Waals surface area contributed by atoms with Crippen molar-refractivity contribution in [2.45, 2.75) is 59.3 Å². The predicted octanol–water partition coefficient (Wildman–Crippen LogP) is 5.49. The third-order valence-electron chi connectivity index (χ3n) is 6.23. The van der Waals surface area contributed by atoms with Crippen LogP contribution in [-0.4, -0.2) is 12.9 Å². The standard InChI is InChI=1S/C24H28O4/c1-7-16-21(26)20-18(25)13-19(17-12-10-11-14(4)15(17)5)28-23(20)24(8-2,9-3)22(16)27-6/h10-13H,7-9H2,1-6H3. The minimum atomic E-state index is -0.615. The largest absolute Gasteiger partial charge is 0.500 e. The van der Waals surface area contributed by atoms with E-state index in [2.05, 4.69) is 0 Å². The fraction of sp³-hybridized carbons (Fsp3) is 0.417. The molecule has 148 valence electrons. The van der Waals surface area contributed by atoms with E-state index >= 15 is 0 Å². The fourth-order valence-corrected chi connectivity index (χ4v) is 4.37. The number of fused-ring (bicyclic) bond motifs is 1. The lowest BCUT2D eigenvalue weighted by Gasteiger charge is -2.37. The van der Waals surface area contributed by atoms with Gasteiger partial charge in [0.05, 0.1) is 12.5 Å². The quantitative estimate of drug-likeness (QED) is 0.688. The minimum absolute atomic E-state index is 0.162. The zero-order valence-corrected chi connectivity index (χ0v) is 17.6. The molecule has 4 nitrogen and oxygen atoms in total. The molecular formula is C24H28O4. The number of carbonyl (C=O) groups is 1. The number of ketones is 1. The molecule has 0 radical (unpaired) electrons. The number of carbonyl (C=O) groups excluding carboxylic acids is 1. The molecule has 28 heavy (non-hydrogen) atoms. The second-order valence-corrected chi connectivity index (χ2v) is 7.41. The molecule has 1 aromatic carbocycles. The van der Waals surface area contributed by atoms with E-state index in [1.807, 2.05) is 52.8 Å². The van der Waals surface area contributed by atoms with E-state index in [-0.39, 0.29) is 16.8 Å². The molecule has 3 rings (SSSR count). The zero-order valence-electron chi connectivity index (χ0n) is 17.6. The summed E-state index contributed by atoms with van der Waals surface area (Å²) in [6.45, 7) is 10.0. The Morgan fingerprint density at radius 3 is 2.32 bits per heavy atom. The summed E-state index contributed by atoms with van der Waals surface area (Å²) in [5, 5.41) is 0. The molecule has 0 aliphatic heterocycles. The van der Waals surface area contributed by atoms with Crippen LogP contribution in [0.25, 0.3) is 11.3 Å². The molecule has 0 unspecified atom stereocenters. The first-order valence-corrected chi connectivity index (χ1v) is 9.93. The molecule has 0 saturated carbocycles. The molecule has 0 bridgehead atoms. The Morgan fingerprint density at radius 2 is 1.75 bits per heavy atom. The van der Waals surface area contributed by atoms with Crippen LogP contribution >= 0.6 is 0 Å². The number of hydrogen-bond acceptors (Lipinski definition) is 4. The van der Waals surface area contributed by atoms with Crippen molar-refractivity contribution in [3.8, 4) is 11.3 Å². The molecule has 0 amide bonds. The van der Waals surface area contributed by atoms with Crippen LogP contribution < -0.4 is 5.43 Å². The minimum Gasteiger partial charge on any atom is -0.500 e. The van der Waals surface area contributed by atoms with Gasteiger partial charge in [-0.2, -0.15) is 0 Å². The second kappa shape index (κ2) is 7.42. The Kier molecular flexibility index (Phi) is 5.33. The van der Waals surface area contributed by atoms with Gasteiger partial charge in [-0.25, -0.2) is 0 Å². The van der Waals surface area contributed by atoms with Gasteiger partial charge >= 0.3 is 0 Å². The summed E-state index contributed by atoms with van der Waals surface area (Å²) in [5.41, 5.74) is 2.89. The van der Waals surface area contributed by atoms with Crippen molar-refractivity contribution in [3.05, 3.63) is 68.3 Å². The molecule has 0 N–H and O–H groups in total. The topological polar surface area (TPSA) is 56.5 Å². The Morgan fingerprint density at radius 1 is 1.07 bits per heavy atom. The van der Waals surface area contributed by atoms with Gasteiger partial charge < -0.3 is 9.15 Å². The maximum absolute atomic E-state index is 13.1. The zero-order chi connectivity index (χ0) is 20.6. The average Bonchev–Trinajstić information content (AvgIpc) is 2.69. The number of aryl methyl sites for hydroxylation is 1. The first kappa shape index (κ1) is 20.1. The SMILES string of the molecule is CCC1=C(OC)C(CC)(CC)c2oc(-c3cccc(C)c3C)cc(=O)c2C1=O. The average molecular weight is 380 g/mol. The Bertz CT molecular complexity index is 1020. The van der Waals surface area contributed by atoms with Crippen LogP contribution in [0.5, 0.6) is 0 Å². The smallest absolute Gasteiger partial charge is 0.199 e. The van der Waals surface area contributed by atoms with Crippen molar-refractivity contribution in [1.29, 1.82) is 0 Å². The van der Waals surface area contributed by atoms with Gasteiger partial charge in [-0.3, -0.25) is 9.59 Å².